The first-order valence-electron chi connectivity index (χ1n) is 4.65. The summed E-state index contributed by atoms with van der Waals surface area (Å²) >= 11 is 5.39. The van der Waals surface area contributed by atoms with Gasteiger partial charge in [0.15, 0.2) is 0 Å². The molecule has 0 amide bonds. The molecule has 0 atom stereocenters. The van der Waals surface area contributed by atoms with Crippen molar-refractivity contribution < 1.29 is 32.4 Å². The fourth-order valence-electron chi connectivity index (χ4n) is 1.13. The van der Waals surface area contributed by atoms with Crippen molar-refractivity contribution in [2.24, 2.45) is 0 Å². The van der Waals surface area contributed by atoms with E-state index in [-0.39, 0.29) is 5.69 Å². The highest BCUT2D eigenvalue weighted by atomic mass is 35.5. The number of hydrogen-bond donors (Lipinski definition) is 3. The monoisotopic (exact) mass is 336 g/mol. The molecule has 7 nitrogen and oxygen atoms in total. The maximum atomic E-state index is 12.4. The van der Waals surface area contributed by atoms with Crippen molar-refractivity contribution in [1.29, 1.82) is 0 Å². The van der Waals surface area contributed by atoms with E-state index >= 15 is 0 Å². The number of nitro groups is 1. The molecule has 0 radical (unpaired) electrons. The molecule has 12 heteroatoms. The van der Waals surface area contributed by atoms with Crippen LogP contribution in [-0.4, -0.2) is 21.8 Å². The summed E-state index contributed by atoms with van der Waals surface area (Å²) in [4.78, 5) is 23.9. The molecule has 0 saturated carbocycles. The number of nitrogens with zero attached hydrogens (tertiary/aromatic N) is 1. The van der Waals surface area contributed by atoms with E-state index < -0.39 is 35.6 Å². The van der Waals surface area contributed by atoms with E-state index in [1.165, 1.54) is 7.05 Å². The maximum absolute atomic E-state index is 12.4. The van der Waals surface area contributed by atoms with Crippen molar-refractivity contribution in [2.45, 2.75) is 6.18 Å². The summed E-state index contributed by atoms with van der Waals surface area (Å²) in [6.45, 7) is 0. The zero-order valence-corrected chi connectivity index (χ0v) is 11.5. The van der Waals surface area contributed by atoms with E-state index in [2.05, 4.69) is 5.32 Å². The van der Waals surface area contributed by atoms with E-state index in [0.29, 0.717) is 6.07 Å². The van der Waals surface area contributed by atoms with Gasteiger partial charge in [-0.25, -0.2) is 0 Å². The number of benzene rings is 1. The third-order valence-corrected chi connectivity index (χ3v) is 2.17. The Hall–Kier alpha value is -1.35. The van der Waals surface area contributed by atoms with Gasteiger partial charge < -0.3 is 15.1 Å². The molecule has 0 fully saturated rings. The molecule has 20 heavy (non-hydrogen) atoms. The second-order valence-electron chi connectivity index (χ2n) is 3.14. The minimum Gasteiger partial charge on any atom is -0.383 e. The van der Waals surface area contributed by atoms with Crippen molar-refractivity contribution in [3.05, 3.63) is 32.8 Å². The summed E-state index contributed by atoms with van der Waals surface area (Å²) < 4.78 is 45.9. The van der Waals surface area contributed by atoms with Crippen LogP contribution in [0.3, 0.4) is 0 Å². The number of alkyl halides is 3. The standard InChI is InChI=1S/C8H6ClF3N2O2.H3O3P/c1-13-6-3-5(9)4(8(10,11)12)2-7(6)14(15)16;1-4(2)3/h2-3,13H,1H3;4H,(H2,1,2,3). The first-order valence-corrected chi connectivity index (χ1v) is 6.33. The van der Waals surface area contributed by atoms with Crippen LogP contribution < -0.4 is 5.32 Å². The molecule has 0 aliphatic heterocycles. The molecular formula is C8H9ClF3N2O5P. The Morgan fingerprint density at radius 1 is 1.40 bits per heavy atom. The van der Waals surface area contributed by atoms with Crippen molar-refractivity contribution in [3.63, 3.8) is 0 Å². The fourth-order valence-corrected chi connectivity index (χ4v) is 1.40. The average Bonchev–Trinajstić information content (AvgIpc) is 2.25. The van der Waals surface area contributed by atoms with Crippen molar-refractivity contribution in [2.75, 3.05) is 12.4 Å². The van der Waals surface area contributed by atoms with Gasteiger partial charge in [-0.1, -0.05) is 11.6 Å². The number of anilines is 1. The first kappa shape index (κ1) is 18.7. The van der Waals surface area contributed by atoms with Gasteiger partial charge >= 0.3 is 14.4 Å². The molecule has 0 saturated heterocycles. The van der Waals surface area contributed by atoms with Gasteiger partial charge in [0.05, 0.1) is 15.5 Å². The van der Waals surface area contributed by atoms with Gasteiger partial charge in [-0.05, 0) is 6.07 Å². The number of hydrogen-bond acceptors (Lipinski definition) is 4. The Bertz CT molecular complexity index is 522. The van der Waals surface area contributed by atoms with Crippen LogP contribution in [0.4, 0.5) is 24.5 Å². The molecule has 0 aliphatic carbocycles. The molecule has 1 rings (SSSR count). The molecule has 0 aromatic heterocycles. The predicted molar refractivity (Wildman–Crippen MR) is 66.1 cm³/mol. The lowest BCUT2D eigenvalue weighted by Gasteiger charge is -2.10. The van der Waals surface area contributed by atoms with Crippen LogP contribution in [0.1, 0.15) is 5.56 Å². The van der Waals surface area contributed by atoms with Gasteiger partial charge in [0, 0.05) is 13.1 Å². The van der Waals surface area contributed by atoms with Crippen LogP contribution in [-0.2, 0) is 10.7 Å². The lowest BCUT2D eigenvalue weighted by Crippen LogP contribution is -2.08. The van der Waals surface area contributed by atoms with Crippen LogP contribution in [0.25, 0.3) is 0 Å². The Morgan fingerprint density at radius 2 is 1.85 bits per heavy atom. The highest BCUT2D eigenvalue weighted by molar-refractivity contribution is 7.30. The highest BCUT2D eigenvalue weighted by Crippen LogP contribution is 2.39. The Kier molecular flexibility index (Phi) is 6.94. The van der Waals surface area contributed by atoms with Gasteiger partial charge in [0.1, 0.15) is 5.69 Å². The van der Waals surface area contributed by atoms with Crippen molar-refractivity contribution >= 4 is 31.2 Å². The van der Waals surface area contributed by atoms with Crippen LogP contribution in [0, 0.1) is 10.1 Å². The topological polar surface area (TPSA) is 113 Å². The van der Waals surface area contributed by atoms with Crippen LogP contribution in [0.5, 0.6) is 0 Å². The second-order valence-corrected chi connectivity index (χ2v) is 4.11. The molecule has 0 bridgehead atoms. The minimum atomic E-state index is -4.71. The molecule has 1 aromatic rings. The lowest BCUT2D eigenvalue weighted by molar-refractivity contribution is -0.384. The Morgan fingerprint density at radius 3 is 2.15 bits per heavy atom. The molecule has 0 heterocycles. The molecule has 0 spiro atoms. The number of nitrogens with one attached hydrogen (secondary N) is 1. The summed E-state index contributed by atoms with van der Waals surface area (Å²) in [5.41, 5.74) is -1.96. The average molecular weight is 337 g/mol. The number of rotatable bonds is 2. The Labute approximate surface area is 116 Å². The zero-order valence-electron chi connectivity index (χ0n) is 9.73. The Balaban J connectivity index is 0.000000796. The largest absolute Gasteiger partial charge is 0.418 e. The van der Waals surface area contributed by atoms with Crippen LogP contribution >= 0.6 is 19.9 Å². The lowest BCUT2D eigenvalue weighted by atomic mass is 10.1. The van der Waals surface area contributed by atoms with Crippen LogP contribution in [0.15, 0.2) is 12.1 Å². The molecule has 0 unspecified atom stereocenters. The normalized spacial score (nSPS) is 10.8. The van der Waals surface area contributed by atoms with E-state index in [4.69, 9.17) is 26.0 Å². The summed E-state index contributed by atoms with van der Waals surface area (Å²) in [6, 6.07) is 1.29. The molecule has 1 aromatic carbocycles. The summed E-state index contributed by atoms with van der Waals surface area (Å²) in [7, 11) is -1.78. The quantitative estimate of drug-likeness (QED) is 0.435. The third kappa shape index (κ3) is 5.74. The van der Waals surface area contributed by atoms with Crippen molar-refractivity contribution in [3.8, 4) is 0 Å². The molecular weight excluding hydrogens is 328 g/mol. The maximum Gasteiger partial charge on any atom is 0.418 e. The SMILES string of the molecule is CNc1cc(Cl)c(C(F)(F)F)cc1[N+](=O)[O-].O=[PH](O)O. The van der Waals surface area contributed by atoms with E-state index in [9.17, 15) is 23.3 Å². The first-order chi connectivity index (χ1) is 9.00. The molecule has 3 N–H and O–H groups in total. The predicted octanol–water partition coefficient (Wildman–Crippen LogP) is 2.67. The highest BCUT2D eigenvalue weighted by Gasteiger charge is 2.35. The molecule has 0 aliphatic rings. The molecule has 114 valence electrons. The van der Waals surface area contributed by atoms with E-state index in [1.54, 1.807) is 0 Å². The smallest absolute Gasteiger partial charge is 0.383 e. The summed E-state index contributed by atoms with van der Waals surface area (Å²) in [5, 5.41) is 12.3. The van der Waals surface area contributed by atoms with Gasteiger partial charge in [0.2, 0.25) is 0 Å². The summed E-state index contributed by atoms with van der Waals surface area (Å²) in [6.07, 6.45) is -4.71. The zero-order chi connectivity index (χ0) is 16.1. The second kappa shape index (κ2) is 7.44. The fraction of sp³-hybridized carbons (Fsp3) is 0.250. The minimum absolute atomic E-state index is 0.0667. The van der Waals surface area contributed by atoms with Gasteiger partial charge in [-0.2, -0.15) is 13.2 Å². The van der Waals surface area contributed by atoms with Gasteiger partial charge in [-0.3, -0.25) is 14.7 Å². The van der Waals surface area contributed by atoms with Gasteiger partial charge in [0.25, 0.3) is 5.69 Å². The van der Waals surface area contributed by atoms with E-state index in [1.807, 2.05) is 0 Å². The van der Waals surface area contributed by atoms with Crippen LogP contribution in [0.2, 0.25) is 5.02 Å². The van der Waals surface area contributed by atoms with Gasteiger partial charge in [-0.15, -0.1) is 0 Å². The number of halogens is 4. The van der Waals surface area contributed by atoms with E-state index in [0.717, 1.165) is 6.07 Å². The third-order valence-electron chi connectivity index (χ3n) is 1.86. The van der Waals surface area contributed by atoms with Crippen molar-refractivity contribution in [1.82, 2.24) is 0 Å². The number of nitro benzene ring substituents is 1. The summed E-state index contributed by atoms with van der Waals surface area (Å²) in [5.74, 6) is 0.